The maximum atomic E-state index is 17.0. The van der Waals surface area contributed by atoms with E-state index in [4.69, 9.17) is 19.2 Å². The Morgan fingerprint density at radius 2 is 1.38 bits per heavy atom. The third-order valence-electron chi connectivity index (χ3n) is 9.36. The molecule has 6 rings (SSSR count). The lowest BCUT2D eigenvalue weighted by molar-refractivity contribution is -0.214. The molecule has 1 aromatic heterocycles. The van der Waals surface area contributed by atoms with Crippen molar-refractivity contribution < 1.29 is 27.4 Å². The van der Waals surface area contributed by atoms with Crippen molar-refractivity contribution in [1.82, 2.24) is 15.1 Å². The van der Waals surface area contributed by atoms with E-state index < -0.39 is 28.4 Å². The smallest absolute Gasteiger partial charge is 0.304 e. The zero-order chi connectivity index (χ0) is 35.7. The van der Waals surface area contributed by atoms with Crippen LogP contribution >= 0.6 is 0 Å². The number of aryl methyl sites for hydroxylation is 1. The Morgan fingerprint density at radius 1 is 0.800 bits per heavy atom. The second-order valence-corrected chi connectivity index (χ2v) is 12.9. The monoisotopic (exact) mass is 683 g/mol. The van der Waals surface area contributed by atoms with Crippen molar-refractivity contribution in [3.8, 4) is 11.5 Å². The Morgan fingerprint density at radius 3 is 1.92 bits per heavy atom. The molecule has 0 bridgehead atoms. The van der Waals surface area contributed by atoms with Gasteiger partial charge < -0.3 is 24.8 Å². The summed E-state index contributed by atoms with van der Waals surface area (Å²) in [6, 6.07) is 30.3. The number of rotatable bonds is 9. The average molecular weight is 684 g/mol. The van der Waals surface area contributed by atoms with Gasteiger partial charge >= 0.3 is 5.92 Å². The van der Waals surface area contributed by atoms with Gasteiger partial charge in [-0.05, 0) is 79.9 Å². The van der Waals surface area contributed by atoms with Gasteiger partial charge in [0.15, 0.2) is 11.4 Å². The number of benzene rings is 4. The van der Waals surface area contributed by atoms with Crippen molar-refractivity contribution >= 4 is 17.3 Å². The minimum atomic E-state index is -3.69. The number of hydrogen-bond acceptors (Lipinski definition) is 7. The molecule has 2 N–H and O–H groups in total. The molecule has 2 heterocycles. The van der Waals surface area contributed by atoms with Gasteiger partial charge in [-0.2, -0.15) is 5.10 Å². The number of methoxy groups -OCH3 is 2. The van der Waals surface area contributed by atoms with Crippen molar-refractivity contribution in [3.05, 3.63) is 137 Å². The Bertz CT molecular complexity index is 1930. The number of amidine groups is 1. The molecule has 0 amide bonds. The summed E-state index contributed by atoms with van der Waals surface area (Å²) in [6.07, 6.45) is 1.74. The van der Waals surface area contributed by atoms with Crippen molar-refractivity contribution in [3.63, 3.8) is 0 Å². The summed E-state index contributed by atoms with van der Waals surface area (Å²) in [7, 11) is 4.93. The summed E-state index contributed by atoms with van der Waals surface area (Å²) >= 11 is 0. The van der Waals surface area contributed by atoms with Crippen LogP contribution in [-0.4, -0.2) is 48.0 Å². The van der Waals surface area contributed by atoms with Crippen LogP contribution in [0.25, 0.3) is 0 Å². The van der Waals surface area contributed by atoms with Gasteiger partial charge in [-0.3, -0.25) is 9.67 Å². The van der Waals surface area contributed by atoms with Gasteiger partial charge in [0.2, 0.25) is 0 Å². The number of aliphatic imine (C=N–C) groups is 1. The maximum absolute atomic E-state index is 17.0. The largest absolute Gasteiger partial charge is 0.497 e. The predicted molar refractivity (Wildman–Crippen MR) is 188 cm³/mol. The maximum Gasteiger partial charge on any atom is 0.304 e. The highest BCUT2D eigenvalue weighted by molar-refractivity contribution is 5.87. The molecule has 0 saturated carbocycles. The van der Waals surface area contributed by atoms with E-state index in [9.17, 15) is 0 Å². The number of nitrogens with zero attached hydrogens (tertiary/aromatic N) is 3. The summed E-state index contributed by atoms with van der Waals surface area (Å²) in [5.41, 5.74) is -3.27. The van der Waals surface area contributed by atoms with E-state index in [2.05, 4.69) is 15.7 Å². The molecule has 0 spiro atoms. The summed E-state index contributed by atoms with van der Waals surface area (Å²) in [4.78, 5) is 4.76. The van der Waals surface area contributed by atoms with E-state index in [0.29, 0.717) is 23.0 Å². The molecule has 11 heteroatoms. The third-order valence-corrected chi connectivity index (χ3v) is 9.36. The number of ether oxygens (including phenoxy) is 3. The Hall–Kier alpha value is -5.29. The van der Waals surface area contributed by atoms with Gasteiger partial charge in [0.25, 0.3) is 0 Å². The highest BCUT2D eigenvalue weighted by Crippen LogP contribution is 2.51. The molecule has 1 aliphatic rings. The Kier molecular flexibility index (Phi) is 9.13. The van der Waals surface area contributed by atoms with Crippen LogP contribution in [0.4, 0.5) is 24.7 Å². The first-order chi connectivity index (χ1) is 23.8. The van der Waals surface area contributed by atoms with Crippen LogP contribution in [0, 0.1) is 5.82 Å². The second-order valence-electron chi connectivity index (χ2n) is 12.9. The summed E-state index contributed by atoms with van der Waals surface area (Å²) in [5, 5.41) is 11.0. The molecule has 50 heavy (non-hydrogen) atoms. The molecule has 5 aromatic rings. The SMILES string of the molecule is COc1ccc(C(NC2=NC(C)(c3cc(Nc4ccn(C)n4)ccc3F)C(F)(F)C(C)(C)OC2)(c2ccccc2)c2ccc(OC)cc2)cc1. The first kappa shape index (κ1) is 34.6. The second kappa shape index (κ2) is 13.2. The molecular formula is C39H40F3N5O3. The fourth-order valence-electron chi connectivity index (χ4n) is 6.50. The van der Waals surface area contributed by atoms with E-state index in [1.165, 1.54) is 32.9 Å². The quantitative estimate of drug-likeness (QED) is 0.154. The zero-order valence-electron chi connectivity index (χ0n) is 28.8. The highest BCUT2D eigenvalue weighted by Gasteiger charge is 2.64. The minimum Gasteiger partial charge on any atom is -0.497 e. The van der Waals surface area contributed by atoms with E-state index in [1.54, 1.807) is 38.2 Å². The number of nitrogens with one attached hydrogen (secondary N) is 2. The van der Waals surface area contributed by atoms with Crippen LogP contribution < -0.4 is 20.1 Å². The molecule has 4 aromatic carbocycles. The van der Waals surface area contributed by atoms with Gasteiger partial charge in [-0.15, -0.1) is 0 Å². The molecule has 260 valence electrons. The molecule has 0 fully saturated rings. The van der Waals surface area contributed by atoms with Gasteiger partial charge in [0.05, 0.1) is 14.2 Å². The van der Waals surface area contributed by atoms with Crippen molar-refractivity contribution in [2.75, 3.05) is 26.1 Å². The van der Waals surface area contributed by atoms with Gasteiger partial charge in [0.1, 0.15) is 40.9 Å². The molecule has 1 atom stereocenters. The molecule has 0 radical (unpaired) electrons. The van der Waals surface area contributed by atoms with E-state index in [0.717, 1.165) is 22.8 Å². The van der Waals surface area contributed by atoms with Crippen LogP contribution in [-0.2, 0) is 22.9 Å². The number of hydrogen-bond donors (Lipinski definition) is 2. The van der Waals surface area contributed by atoms with Crippen molar-refractivity contribution in [1.29, 1.82) is 0 Å². The van der Waals surface area contributed by atoms with Crippen molar-refractivity contribution in [2.24, 2.45) is 12.0 Å². The number of alkyl halides is 2. The number of aromatic nitrogens is 2. The van der Waals surface area contributed by atoms with Crippen LogP contribution in [0.2, 0.25) is 0 Å². The third kappa shape index (κ3) is 6.06. The topological polar surface area (TPSA) is 81.9 Å². The molecule has 1 unspecified atom stereocenters. The summed E-state index contributed by atoms with van der Waals surface area (Å²) in [6.45, 7) is 3.54. The number of halogens is 3. The summed E-state index contributed by atoms with van der Waals surface area (Å²) in [5.74, 6) is -2.67. The van der Waals surface area contributed by atoms with Crippen molar-refractivity contribution in [2.45, 2.75) is 43.4 Å². The van der Waals surface area contributed by atoms with E-state index in [-0.39, 0.29) is 18.0 Å². The van der Waals surface area contributed by atoms with Gasteiger partial charge in [-0.25, -0.2) is 13.2 Å². The Balaban J connectivity index is 1.57. The molecule has 0 saturated heterocycles. The fourth-order valence-corrected chi connectivity index (χ4v) is 6.50. The predicted octanol–water partition coefficient (Wildman–Crippen LogP) is 7.96. The summed E-state index contributed by atoms with van der Waals surface area (Å²) < 4.78 is 68.4. The van der Waals surface area contributed by atoms with Crippen LogP contribution in [0.3, 0.4) is 0 Å². The lowest BCUT2D eigenvalue weighted by Gasteiger charge is -2.42. The zero-order valence-corrected chi connectivity index (χ0v) is 28.8. The van der Waals surface area contributed by atoms with Gasteiger partial charge in [-0.1, -0.05) is 54.6 Å². The molecule has 1 aliphatic heterocycles. The lowest BCUT2D eigenvalue weighted by atomic mass is 9.76. The normalized spacial score (nSPS) is 18.5. The molecule has 0 aliphatic carbocycles. The fraction of sp³-hybridized carbons (Fsp3) is 0.282. The van der Waals surface area contributed by atoms with E-state index >= 15 is 13.2 Å². The minimum absolute atomic E-state index is 0.0933. The first-order valence-electron chi connectivity index (χ1n) is 16.1. The molecule has 8 nitrogen and oxygen atoms in total. The number of anilines is 2. The van der Waals surface area contributed by atoms with Crippen LogP contribution in [0.5, 0.6) is 11.5 Å². The highest BCUT2D eigenvalue weighted by atomic mass is 19.3. The standard InChI is InChI=1S/C39H40F3N5O3/c1-36(2)39(41,42)37(3,32-24-29(16-21-33(32)40)43-34-22-23-47(4)46-34)44-35(25-50-36)45-38(26-10-8-7-9-11-26,27-12-17-30(48-5)18-13-27)28-14-19-31(49-6)20-15-28/h7-24H,25H2,1-6H3,(H,43,46)(H,44,45). The van der Waals surface area contributed by atoms with Crippen LogP contribution in [0.15, 0.2) is 114 Å². The molecular weight excluding hydrogens is 643 g/mol. The lowest BCUT2D eigenvalue weighted by Crippen LogP contribution is -2.56. The Labute approximate surface area is 289 Å². The first-order valence-corrected chi connectivity index (χ1v) is 16.1. The van der Waals surface area contributed by atoms with E-state index in [1.807, 2.05) is 78.9 Å². The van der Waals surface area contributed by atoms with Gasteiger partial charge in [0, 0.05) is 30.6 Å². The average Bonchev–Trinajstić information content (AvgIpc) is 3.52. The van der Waals surface area contributed by atoms with Crippen LogP contribution in [0.1, 0.15) is 43.0 Å².